The average Bonchev–Trinajstić information content (AvgIpc) is 3.60. The smallest absolute Gasteiger partial charge is 0.255 e. The number of fused-ring (bicyclic) bond motifs is 1. The molecule has 0 spiro atoms. The van der Waals surface area contributed by atoms with E-state index in [0.717, 1.165) is 36.3 Å². The zero-order chi connectivity index (χ0) is 22.6. The van der Waals surface area contributed by atoms with Crippen LogP contribution in [0.2, 0.25) is 0 Å². The Morgan fingerprint density at radius 2 is 1.88 bits per heavy atom. The molecule has 33 heavy (non-hydrogen) atoms. The van der Waals surface area contributed by atoms with Crippen molar-refractivity contribution in [1.82, 2.24) is 10.2 Å². The topological polar surface area (TPSA) is 86.6 Å². The molecule has 2 amide bonds. The molecule has 2 aromatic carbocycles. The van der Waals surface area contributed by atoms with Gasteiger partial charge in [-0.15, -0.1) is 0 Å². The molecule has 3 N–H and O–H groups in total. The van der Waals surface area contributed by atoms with Crippen LogP contribution < -0.4 is 16.0 Å². The van der Waals surface area contributed by atoms with E-state index in [-0.39, 0.29) is 11.8 Å². The van der Waals surface area contributed by atoms with Crippen molar-refractivity contribution in [3.8, 4) is 11.3 Å². The molecule has 170 valence electrons. The first-order chi connectivity index (χ1) is 16.2. The summed E-state index contributed by atoms with van der Waals surface area (Å²) in [6.45, 7) is 4.89. The van der Waals surface area contributed by atoms with Gasteiger partial charge < -0.3 is 25.3 Å². The maximum absolute atomic E-state index is 12.9. The summed E-state index contributed by atoms with van der Waals surface area (Å²) in [5.41, 5.74) is 4.22. The van der Waals surface area contributed by atoms with Crippen molar-refractivity contribution in [3.05, 3.63) is 71.5 Å². The molecule has 0 atom stereocenters. The van der Waals surface area contributed by atoms with Gasteiger partial charge >= 0.3 is 0 Å². The van der Waals surface area contributed by atoms with E-state index < -0.39 is 0 Å². The molecule has 0 saturated carbocycles. The van der Waals surface area contributed by atoms with E-state index in [9.17, 15) is 9.59 Å². The van der Waals surface area contributed by atoms with Crippen LogP contribution in [0.3, 0.4) is 0 Å². The Morgan fingerprint density at radius 3 is 2.64 bits per heavy atom. The molecule has 3 heterocycles. The Morgan fingerprint density at radius 1 is 1.06 bits per heavy atom. The van der Waals surface area contributed by atoms with Crippen molar-refractivity contribution in [2.45, 2.75) is 25.8 Å². The van der Waals surface area contributed by atoms with Crippen molar-refractivity contribution < 1.29 is 14.0 Å². The number of hydrogen-bond acceptors (Lipinski definition) is 5. The predicted molar refractivity (Wildman–Crippen MR) is 128 cm³/mol. The van der Waals surface area contributed by atoms with Crippen molar-refractivity contribution in [2.24, 2.45) is 0 Å². The highest BCUT2D eigenvalue weighted by Crippen LogP contribution is 2.34. The van der Waals surface area contributed by atoms with Crippen LogP contribution in [-0.4, -0.2) is 42.9 Å². The number of hydrogen-bond donors (Lipinski definition) is 3. The van der Waals surface area contributed by atoms with Gasteiger partial charge in [0.05, 0.1) is 17.5 Å². The van der Waals surface area contributed by atoms with E-state index in [2.05, 4.69) is 20.9 Å². The van der Waals surface area contributed by atoms with Crippen LogP contribution in [0.5, 0.6) is 0 Å². The second-order valence-corrected chi connectivity index (χ2v) is 8.53. The normalized spacial score (nSPS) is 15.3. The summed E-state index contributed by atoms with van der Waals surface area (Å²) in [6.07, 6.45) is 5.34. The van der Waals surface area contributed by atoms with E-state index in [1.165, 1.54) is 25.9 Å². The minimum absolute atomic E-state index is 0.192. The summed E-state index contributed by atoms with van der Waals surface area (Å²) >= 11 is 0. The molecule has 2 aliphatic heterocycles. The fourth-order valence-corrected chi connectivity index (χ4v) is 4.59. The number of carbonyl (C=O) groups is 2. The molecule has 5 rings (SSSR count). The lowest BCUT2D eigenvalue weighted by atomic mass is 9.99. The Bertz CT molecular complexity index is 1130. The van der Waals surface area contributed by atoms with Gasteiger partial charge in [-0.05, 0) is 93.0 Å². The van der Waals surface area contributed by atoms with Gasteiger partial charge in [-0.2, -0.15) is 0 Å². The number of rotatable bonds is 8. The number of anilines is 2. The first-order valence-electron chi connectivity index (χ1n) is 11.5. The minimum atomic E-state index is -0.247. The van der Waals surface area contributed by atoms with Crippen LogP contribution in [0.4, 0.5) is 11.4 Å². The third-order valence-electron chi connectivity index (χ3n) is 6.33. The van der Waals surface area contributed by atoms with Gasteiger partial charge in [0, 0.05) is 29.9 Å². The average molecular weight is 445 g/mol. The molecule has 3 aromatic rings. The quantitative estimate of drug-likeness (QED) is 0.450. The van der Waals surface area contributed by atoms with E-state index in [1.54, 1.807) is 24.5 Å². The van der Waals surface area contributed by atoms with Crippen LogP contribution in [0, 0.1) is 0 Å². The monoisotopic (exact) mass is 444 g/mol. The largest absolute Gasteiger partial charge is 0.464 e. The second kappa shape index (κ2) is 9.50. The first kappa shape index (κ1) is 21.3. The zero-order valence-corrected chi connectivity index (χ0v) is 18.5. The molecule has 0 unspecified atom stereocenters. The molecule has 1 saturated heterocycles. The standard InChI is InChI=1S/C26H28N4O3/c31-25(18-6-8-19(9-7-18)27-12-4-15-30-13-1-2-14-30)29-22-11-10-20(23-5-3-16-33-23)21-17-28-26(32)24(21)22/h3,5-11,16,27H,1-2,4,12-15,17H2,(H,28,32)(H,29,31). The van der Waals surface area contributed by atoms with Crippen LogP contribution in [0.15, 0.2) is 59.2 Å². The third-order valence-corrected chi connectivity index (χ3v) is 6.33. The number of likely N-dealkylation sites (tertiary alicyclic amines) is 1. The summed E-state index contributed by atoms with van der Waals surface area (Å²) in [5.74, 6) is 0.259. The number of amides is 2. The van der Waals surface area contributed by atoms with Gasteiger partial charge in [0.25, 0.3) is 11.8 Å². The van der Waals surface area contributed by atoms with Crippen LogP contribution in [-0.2, 0) is 6.54 Å². The molecule has 7 nitrogen and oxygen atoms in total. The van der Waals surface area contributed by atoms with E-state index >= 15 is 0 Å². The summed E-state index contributed by atoms with van der Waals surface area (Å²) in [4.78, 5) is 27.8. The highest BCUT2D eigenvalue weighted by molar-refractivity contribution is 6.11. The van der Waals surface area contributed by atoms with Crippen molar-refractivity contribution in [1.29, 1.82) is 0 Å². The van der Waals surface area contributed by atoms with Gasteiger partial charge in [0.2, 0.25) is 0 Å². The van der Waals surface area contributed by atoms with Crippen molar-refractivity contribution >= 4 is 23.2 Å². The molecule has 0 aliphatic carbocycles. The number of furan rings is 1. The summed E-state index contributed by atoms with van der Waals surface area (Å²) in [6, 6.07) is 14.7. The molecule has 1 fully saturated rings. The maximum atomic E-state index is 12.9. The van der Waals surface area contributed by atoms with E-state index in [4.69, 9.17) is 4.42 Å². The Hall–Kier alpha value is -3.58. The van der Waals surface area contributed by atoms with Crippen LogP contribution in [0.25, 0.3) is 11.3 Å². The second-order valence-electron chi connectivity index (χ2n) is 8.53. The maximum Gasteiger partial charge on any atom is 0.255 e. The fraction of sp³-hybridized carbons (Fsp3) is 0.308. The van der Waals surface area contributed by atoms with Crippen LogP contribution in [0.1, 0.15) is 45.5 Å². The Balaban J connectivity index is 1.22. The molecule has 0 bridgehead atoms. The highest BCUT2D eigenvalue weighted by atomic mass is 16.3. The number of nitrogens with zero attached hydrogens (tertiary/aromatic N) is 1. The third kappa shape index (κ3) is 4.64. The van der Waals surface area contributed by atoms with Crippen LogP contribution >= 0.6 is 0 Å². The van der Waals surface area contributed by atoms with E-state index in [1.807, 2.05) is 30.3 Å². The van der Waals surface area contributed by atoms with Gasteiger partial charge in [-0.3, -0.25) is 9.59 Å². The summed E-state index contributed by atoms with van der Waals surface area (Å²) in [7, 11) is 0. The molecule has 7 heteroatoms. The molecule has 1 aromatic heterocycles. The molecule has 2 aliphatic rings. The lowest BCUT2D eigenvalue weighted by Crippen LogP contribution is -2.22. The van der Waals surface area contributed by atoms with Gasteiger partial charge in [0.1, 0.15) is 5.76 Å². The molecular weight excluding hydrogens is 416 g/mol. The number of carbonyl (C=O) groups excluding carboxylic acids is 2. The molecule has 0 radical (unpaired) electrons. The SMILES string of the molecule is O=C(Nc1ccc(-c2ccco2)c2c1C(=O)NC2)c1ccc(NCCCN2CCCC2)cc1. The highest BCUT2D eigenvalue weighted by Gasteiger charge is 2.27. The first-order valence-corrected chi connectivity index (χ1v) is 11.5. The number of benzene rings is 2. The zero-order valence-electron chi connectivity index (χ0n) is 18.5. The Kier molecular flexibility index (Phi) is 6.13. The van der Waals surface area contributed by atoms with Gasteiger partial charge in [-0.1, -0.05) is 0 Å². The Labute approximate surface area is 193 Å². The lowest BCUT2D eigenvalue weighted by Gasteiger charge is -2.15. The van der Waals surface area contributed by atoms with Gasteiger partial charge in [0.15, 0.2) is 0 Å². The van der Waals surface area contributed by atoms with Crippen molar-refractivity contribution in [3.63, 3.8) is 0 Å². The van der Waals surface area contributed by atoms with E-state index in [0.29, 0.717) is 29.1 Å². The van der Waals surface area contributed by atoms with Gasteiger partial charge in [-0.25, -0.2) is 0 Å². The van der Waals surface area contributed by atoms with Crippen molar-refractivity contribution in [2.75, 3.05) is 36.8 Å². The summed E-state index contributed by atoms with van der Waals surface area (Å²) in [5, 5.41) is 9.18. The minimum Gasteiger partial charge on any atom is -0.464 e. The molecular formula is C26H28N4O3. The summed E-state index contributed by atoms with van der Waals surface area (Å²) < 4.78 is 5.51. The fourth-order valence-electron chi connectivity index (χ4n) is 4.59. The number of nitrogens with one attached hydrogen (secondary N) is 3. The predicted octanol–water partition coefficient (Wildman–Crippen LogP) is 4.34. The lowest BCUT2D eigenvalue weighted by molar-refractivity contribution is 0.0966.